The molecule has 3 heteroatoms. The molecule has 1 atom stereocenters. The summed E-state index contributed by atoms with van der Waals surface area (Å²) in [6, 6.07) is 14.2. The summed E-state index contributed by atoms with van der Waals surface area (Å²) in [6.07, 6.45) is 1.42. The molecule has 96 valence electrons. The van der Waals surface area contributed by atoms with Crippen LogP contribution in [0.15, 0.2) is 36.4 Å². The zero-order valence-electron chi connectivity index (χ0n) is 10.7. The second-order valence-electron chi connectivity index (χ2n) is 4.93. The van der Waals surface area contributed by atoms with Gasteiger partial charge in [-0.05, 0) is 47.5 Å². The average molecular weight is 252 g/mol. The van der Waals surface area contributed by atoms with Crippen LogP contribution in [0.2, 0.25) is 0 Å². The second kappa shape index (κ2) is 5.40. The molecule has 0 aliphatic carbocycles. The van der Waals surface area contributed by atoms with Gasteiger partial charge in [-0.3, -0.25) is 0 Å². The van der Waals surface area contributed by atoms with E-state index in [0.717, 1.165) is 35.8 Å². The molecule has 1 fully saturated rings. The molecule has 0 amide bonds. The number of ether oxygens (including phenoxy) is 1. The van der Waals surface area contributed by atoms with E-state index in [1.807, 2.05) is 18.2 Å². The lowest BCUT2D eigenvalue weighted by atomic mass is 10.0. The Labute approximate surface area is 112 Å². The fourth-order valence-electron chi connectivity index (χ4n) is 2.44. The molecule has 0 spiro atoms. The van der Waals surface area contributed by atoms with Crippen molar-refractivity contribution >= 4 is 10.8 Å². The van der Waals surface area contributed by atoms with Crippen molar-refractivity contribution in [2.75, 3.05) is 13.1 Å². The molecule has 1 aliphatic rings. The summed E-state index contributed by atoms with van der Waals surface area (Å²) in [5.74, 6) is 0. The van der Waals surface area contributed by atoms with Crippen molar-refractivity contribution in [2.45, 2.75) is 19.1 Å². The van der Waals surface area contributed by atoms with Crippen molar-refractivity contribution < 1.29 is 4.74 Å². The number of nitrogens with zero attached hydrogens (tertiary/aromatic N) is 1. The maximum atomic E-state index is 8.93. The van der Waals surface area contributed by atoms with Gasteiger partial charge in [0.1, 0.15) is 0 Å². The van der Waals surface area contributed by atoms with Gasteiger partial charge >= 0.3 is 0 Å². The summed E-state index contributed by atoms with van der Waals surface area (Å²) in [5.41, 5.74) is 1.86. The highest BCUT2D eigenvalue weighted by Crippen LogP contribution is 2.19. The number of rotatable bonds is 3. The van der Waals surface area contributed by atoms with Crippen LogP contribution in [0.4, 0.5) is 0 Å². The molecule has 1 N–H and O–H groups in total. The molecule has 1 unspecified atom stereocenters. The normalized spacial score (nSPS) is 18.6. The van der Waals surface area contributed by atoms with Crippen molar-refractivity contribution in [1.29, 1.82) is 5.26 Å². The quantitative estimate of drug-likeness (QED) is 0.913. The molecule has 1 saturated heterocycles. The van der Waals surface area contributed by atoms with E-state index in [9.17, 15) is 0 Å². The third-order valence-corrected chi connectivity index (χ3v) is 3.53. The Balaban J connectivity index is 1.78. The Hall–Kier alpha value is -1.89. The minimum Gasteiger partial charge on any atom is -0.372 e. The van der Waals surface area contributed by atoms with E-state index in [1.165, 1.54) is 0 Å². The maximum absolute atomic E-state index is 8.93. The SMILES string of the molecule is N#Cc1ccc2ccc(COC3CCNC3)cc2c1. The van der Waals surface area contributed by atoms with Crippen molar-refractivity contribution in [1.82, 2.24) is 5.32 Å². The number of nitrogens with one attached hydrogen (secondary N) is 1. The summed E-state index contributed by atoms with van der Waals surface area (Å²) in [5, 5.41) is 14.5. The zero-order chi connectivity index (χ0) is 13.1. The molecule has 19 heavy (non-hydrogen) atoms. The lowest BCUT2D eigenvalue weighted by molar-refractivity contribution is 0.0543. The largest absolute Gasteiger partial charge is 0.372 e. The van der Waals surface area contributed by atoms with Crippen molar-refractivity contribution in [2.24, 2.45) is 0 Å². The maximum Gasteiger partial charge on any atom is 0.0991 e. The summed E-state index contributed by atoms with van der Waals surface area (Å²) in [6.45, 7) is 2.64. The van der Waals surface area contributed by atoms with Crippen molar-refractivity contribution in [3.8, 4) is 6.07 Å². The molecule has 2 aromatic rings. The van der Waals surface area contributed by atoms with E-state index >= 15 is 0 Å². The Morgan fingerprint density at radius 2 is 2.11 bits per heavy atom. The molecule has 1 aliphatic heterocycles. The number of fused-ring (bicyclic) bond motifs is 1. The molecule has 3 rings (SSSR count). The highest BCUT2D eigenvalue weighted by Gasteiger charge is 2.14. The highest BCUT2D eigenvalue weighted by atomic mass is 16.5. The predicted octanol–water partition coefficient (Wildman–Crippen LogP) is 2.59. The van der Waals surface area contributed by atoms with Crippen LogP contribution in [0.5, 0.6) is 0 Å². The van der Waals surface area contributed by atoms with Crippen LogP contribution >= 0.6 is 0 Å². The van der Waals surface area contributed by atoms with Gasteiger partial charge in [0.05, 0.1) is 24.3 Å². The molecule has 0 radical (unpaired) electrons. The van der Waals surface area contributed by atoms with E-state index < -0.39 is 0 Å². The molecule has 2 aromatic carbocycles. The van der Waals surface area contributed by atoms with Crippen LogP contribution in [0, 0.1) is 11.3 Å². The first-order valence-electron chi connectivity index (χ1n) is 6.60. The number of benzene rings is 2. The fourth-order valence-corrected chi connectivity index (χ4v) is 2.44. The third kappa shape index (κ3) is 2.76. The number of hydrogen-bond donors (Lipinski definition) is 1. The molecule has 0 aromatic heterocycles. The van der Waals surface area contributed by atoms with Gasteiger partial charge in [-0.2, -0.15) is 5.26 Å². The van der Waals surface area contributed by atoms with Crippen LogP contribution in [-0.2, 0) is 11.3 Å². The predicted molar refractivity (Wildman–Crippen MR) is 74.7 cm³/mol. The van der Waals surface area contributed by atoms with Gasteiger partial charge in [-0.15, -0.1) is 0 Å². The minimum atomic E-state index is 0.334. The van der Waals surface area contributed by atoms with Crippen LogP contribution in [0.25, 0.3) is 10.8 Å². The summed E-state index contributed by atoms with van der Waals surface area (Å²) in [4.78, 5) is 0. The molecule has 3 nitrogen and oxygen atoms in total. The first-order chi connectivity index (χ1) is 9.35. The topological polar surface area (TPSA) is 45.0 Å². The van der Waals surface area contributed by atoms with Crippen LogP contribution < -0.4 is 5.32 Å². The summed E-state index contributed by atoms with van der Waals surface area (Å²) >= 11 is 0. The monoisotopic (exact) mass is 252 g/mol. The van der Waals surface area contributed by atoms with Crippen LogP contribution in [0.3, 0.4) is 0 Å². The summed E-state index contributed by atoms with van der Waals surface area (Å²) < 4.78 is 5.87. The Kier molecular flexibility index (Phi) is 3.45. The Morgan fingerprint density at radius 1 is 1.21 bits per heavy atom. The van der Waals surface area contributed by atoms with Crippen molar-refractivity contribution in [3.05, 3.63) is 47.5 Å². The van der Waals surface area contributed by atoms with E-state index in [4.69, 9.17) is 10.00 Å². The molecular weight excluding hydrogens is 236 g/mol. The standard InChI is InChI=1S/C16H16N2O/c17-9-12-1-3-14-4-2-13(8-15(14)7-12)11-19-16-5-6-18-10-16/h1-4,7-8,16,18H,5-6,10-11H2. The Morgan fingerprint density at radius 3 is 2.89 bits per heavy atom. The van der Waals surface area contributed by atoms with Gasteiger partial charge in [0.15, 0.2) is 0 Å². The third-order valence-electron chi connectivity index (χ3n) is 3.53. The van der Waals surface area contributed by atoms with Crippen LogP contribution in [0.1, 0.15) is 17.5 Å². The van der Waals surface area contributed by atoms with Gasteiger partial charge in [0.2, 0.25) is 0 Å². The minimum absolute atomic E-state index is 0.334. The molecule has 0 saturated carbocycles. The zero-order valence-corrected chi connectivity index (χ0v) is 10.7. The van der Waals surface area contributed by atoms with E-state index in [0.29, 0.717) is 18.3 Å². The fraction of sp³-hybridized carbons (Fsp3) is 0.312. The first-order valence-corrected chi connectivity index (χ1v) is 6.60. The van der Waals surface area contributed by atoms with E-state index in [1.54, 1.807) is 0 Å². The smallest absolute Gasteiger partial charge is 0.0991 e. The average Bonchev–Trinajstić information content (AvgIpc) is 2.97. The molecular formula is C16H16N2O. The van der Waals surface area contributed by atoms with Gasteiger partial charge in [-0.1, -0.05) is 18.2 Å². The highest BCUT2D eigenvalue weighted by molar-refractivity contribution is 5.84. The second-order valence-corrected chi connectivity index (χ2v) is 4.93. The number of hydrogen-bond acceptors (Lipinski definition) is 3. The number of nitriles is 1. The van der Waals surface area contributed by atoms with Crippen LogP contribution in [-0.4, -0.2) is 19.2 Å². The first kappa shape index (κ1) is 12.2. The van der Waals surface area contributed by atoms with Crippen molar-refractivity contribution in [3.63, 3.8) is 0 Å². The Bertz CT molecular complexity index is 624. The van der Waals surface area contributed by atoms with Gasteiger partial charge in [0.25, 0.3) is 0 Å². The van der Waals surface area contributed by atoms with Gasteiger partial charge < -0.3 is 10.1 Å². The lowest BCUT2D eigenvalue weighted by Gasteiger charge is -2.11. The lowest BCUT2D eigenvalue weighted by Crippen LogP contribution is -2.16. The van der Waals surface area contributed by atoms with E-state index in [-0.39, 0.29) is 0 Å². The molecule has 1 heterocycles. The molecule has 0 bridgehead atoms. The van der Waals surface area contributed by atoms with Gasteiger partial charge in [-0.25, -0.2) is 0 Å². The van der Waals surface area contributed by atoms with Gasteiger partial charge in [0, 0.05) is 6.54 Å². The van der Waals surface area contributed by atoms with E-state index in [2.05, 4.69) is 29.6 Å². The summed E-state index contributed by atoms with van der Waals surface area (Å²) in [7, 11) is 0.